The fourth-order valence-corrected chi connectivity index (χ4v) is 3.92. The van der Waals surface area contributed by atoms with Crippen LogP contribution in [-0.4, -0.2) is 33.7 Å². The van der Waals surface area contributed by atoms with Crippen molar-refractivity contribution in [3.63, 3.8) is 0 Å². The first kappa shape index (κ1) is 15.0. The zero-order valence-electron chi connectivity index (χ0n) is 12.5. The van der Waals surface area contributed by atoms with Gasteiger partial charge >= 0.3 is 5.97 Å². The molecule has 0 amide bonds. The van der Waals surface area contributed by atoms with Gasteiger partial charge in [-0.3, -0.25) is 4.79 Å². The maximum Gasteiger partial charge on any atom is 0.341 e. The first-order chi connectivity index (χ1) is 10.6. The van der Waals surface area contributed by atoms with Crippen LogP contribution < -0.4 is 10.3 Å². The average molecular weight is 321 g/mol. The Bertz CT molecular complexity index is 757. The van der Waals surface area contributed by atoms with Gasteiger partial charge in [0.05, 0.1) is 0 Å². The molecule has 1 fully saturated rings. The van der Waals surface area contributed by atoms with E-state index >= 15 is 0 Å². The summed E-state index contributed by atoms with van der Waals surface area (Å²) < 4.78 is 2.19. The number of thiazole rings is 1. The molecular formula is C15H19N3O3S. The maximum atomic E-state index is 12.4. The lowest BCUT2D eigenvalue weighted by atomic mass is 10.2. The van der Waals surface area contributed by atoms with E-state index in [2.05, 4.69) is 9.88 Å². The molecule has 1 aliphatic heterocycles. The summed E-state index contributed by atoms with van der Waals surface area (Å²) in [6.45, 7) is 4.40. The summed E-state index contributed by atoms with van der Waals surface area (Å²) in [5, 5.41) is 10.0. The van der Waals surface area contributed by atoms with E-state index in [1.807, 2.05) is 6.92 Å². The van der Waals surface area contributed by atoms with Gasteiger partial charge in [0.2, 0.25) is 5.43 Å². The number of hydrogen-bond acceptors (Lipinski definition) is 5. The largest absolute Gasteiger partial charge is 0.477 e. The van der Waals surface area contributed by atoms with Gasteiger partial charge in [-0.25, -0.2) is 9.78 Å². The molecule has 2 aromatic rings. The van der Waals surface area contributed by atoms with Crippen LogP contribution in [0.4, 0.5) is 5.13 Å². The number of rotatable bonds is 3. The van der Waals surface area contributed by atoms with Crippen LogP contribution in [0.2, 0.25) is 0 Å². The molecule has 7 heteroatoms. The predicted octanol–water partition coefficient (Wildman–Crippen LogP) is 2.56. The highest BCUT2D eigenvalue weighted by atomic mass is 32.1. The number of aromatic nitrogens is 2. The van der Waals surface area contributed by atoms with Crippen molar-refractivity contribution in [2.45, 2.75) is 39.2 Å². The number of fused-ring (bicyclic) bond motifs is 1. The highest BCUT2D eigenvalue weighted by Gasteiger charge is 2.20. The normalized spacial score (nSPS) is 16.0. The van der Waals surface area contributed by atoms with E-state index in [0.29, 0.717) is 16.9 Å². The van der Waals surface area contributed by atoms with Crippen LogP contribution in [-0.2, 0) is 6.54 Å². The minimum absolute atomic E-state index is 0.180. The van der Waals surface area contributed by atoms with E-state index in [4.69, 9.17) is 0 Å². The number of carboxylic acid groups (broad SMARTS) is 1. The third-order valence-corrected chi connectivity index (χ3v) is 5.16. The molecule has 0 bridgehead atoms. The second-order valence-electron chi connectivity index (χ2n) is 5.51. The number of hydrogen-bond donors (Lipinski definition) is 1. The minimum atomic E-state index is -1.18. The number of carboxylic acids is 1. The van der Waals surface area contributed by atoms with Gasteiger partial charge in [-0.2, -0.15) is 0 Å². The summed E-state index contributed by atoms with van der Waals surface area (Å²) in [6, 6.07) is 0. The van der Waals surface area contributed by atoms with E-state index in [-0.39, 0.29) is 5.56 Å². The van der Waals surface area contributed by atoms with E-state index in [0.717, 1.165) is 31.1 Å². The number of anilines is 1. The molecular weight excluding hydrogens is 302 g/mol. The first-order valence-corrected chi connectivity index (χ1v) is 8.45. The topological polar surface area (TPSA) is 75.4 Å². The zero-order valence-corrected chi connectivity index (χ0v) is 13.4. The van der Waals surface area contributed by atoms with Gasteiger partial charge in [0.25, 0.3) is 0 Å². The fraction of sp³-hybridized carbons (Fsp3) is 0.533. The second-order valence-corrected chi connectivity index (χ2v) is 6.49. The average Bonchev–Trinajstić information content (AvgIpc) is 2.77. The Balaban J connectivity index is 2.13. The first-order valence-electron chi connectivity index (χ1n) is 7.64. The zero-order chi connectivity index (χ0) is 15.7. The molecule has 0 aromatic carbocycles. The summed E-state index contributed by atoms with van der Waals surface area (Å²) in [5.74, 6) is -1.18. The SMILES string of the molecule is CCn1cc(C(=O)O)c(=O)c2sc(N3CCCCCC3)nc21. The monoisotopic (exact) mass is 321 g/mol. The molecule has 6 nitrogen and oxygen atoms in total. The van der Waals surface area contributed by atoms with Crippen LogP contribution in [0.1, 0.15) is 43.0 Å². The molecule has 3 rings (SSSR count). The van der Waals surface area contributed by atoms with Crippen molar-refractivity contribution < 1.29 is 9.90 Å². The Labute approximate surface area is 132 Å². The Morgan fingerprint density at radius 2 is 2.00 bits per heavy atom. The quantitative estimate of drug-likeness (QED) is 0.940. The summed E-state index contributed by atoms with van der Waals surface area (Å²) in [7, 11) is 0. The Morgan fingerprint density at radius 1 is 1.32 bits per heavy atom. The van der Waals surface area contributed by atoms with Gasteiger partial charge in [0.1, 0.15) is 10.3 Å². The van der Waals surface area contributed by atoms with Gasteiger partial charge in [0.15, 0.2) is 10.8 Å². The van der Waals surface area contributed by atoms with Crippen molar-refractivity contribution in [1.29, 1.82) is 0 Å². The smallest absolute Gasteiger partial charge is 0.341 e. The van der Waals surface area contributed by atoms with Crippen molar-refractivity contribution in [2.24, 2.45) is 0 Å². The molecule has 0 aliphatic carbocycles. The minimum Gasteiger partial charge on any atom is -0.477 e. The third-order valence-electron chi connectivity index (χ3n) is 4.05. The van der Waals surface area contributed by atoms with Crippen molar-refractivity contribution in [2.75, 3.05) is 18.0 Å². The van der Waals surface area contributed by atoms with Crippen molar-refractivity contribution in [1.82, 2.24) is 9.55 Å². The van der Waals surface area contributed by atoms with E-state index in [9.17, 15) is 14.7 Å². The third kappa shape index (κ3) is 2.61. The summed E-state index contributed by atoms with van der Waals surface area (Å²) in [6.07, 6.45) is 6.13. The van der Waals surface area contributed by atoms with Crippen LogP contribution in [0, 0.1) is 0 Å². The highest BCUT2D eigenvalue weighted by molar-refractivity contribution is 7.22. The van der Waals surface area contributed by atoms with Crippen molar-refractivity contribution >= 4 is 32.8 Å². The molecule has 22 heavy (non-hydrogen) atoms. The van der Waals surface area contributed by atoms with Crippen LogP contribution in [0.15, 0.2) is 11.0 Å². The molecule has 0 atom stereocenters. The van der Waals surface area contributed by atoms with Crippen LogP contribution in [0.3, 0.4) is 0 Å². The molecule has 1 aliphatic rings. The van der Waals surface area contributed by atoms with Crippen LogP contribution in [0.5, 0.6) is 0 Å². The highest BCUT2D eigenvalue weighted by Crippen LogP contribution is 2.28. The van der Waals surface area contributed by atoms with E-state index in [1.54, 1.807) is 4.57 Å². The van der Waals surface area contributed by atoms with Gasteiger partial charge in [0, 0.05) is 25.8 Å². The molecule has 0 unspecified atom stereocenters. The summed E-state index contributed by atoms with van der Waals surface area (Å²) in [5.41, 5.74) is -0.00654. The lowest BCUT2D eigenvalue weighted by Crippen LogP contribution is -2.23. The van der Waals surface area contributed by atoms with Crippen LogP contribution in [0.25, 0.3) is 10.3 Å². The molecule has 0 radical (unpaired) electrons. The van der Waals surface area contributed by atoms with Gasteiger partial charge in [-0.1, -0.05) is 24.2 Å². The molecule has 0 spiro atoms. The number of nitrogens with zero attached hydrogens (tertiary/aromatic N) is 3. The Morgan fingerprint density at radius 3 is 2.59 bits per heavy atom. The number of aryl methyl sites for hydroxylation is 1. The molecule has 118 valence electrons. The Kier molecular flexibility index (Phi) is 4.15. The van der Waals surface area contributed by atoms with Crippen molar-refractivity contribution in [3.05, 3.63) is 22.0 Å². The number of pyridine rings is 1. The second kappa shape index (κ2) is 6.08. The van der Waals surface area contributed by atoms with E-state index in [1.165, 1.54) is 30.4 Å². The van der Waals surface area contributed by atoms with Crippen LogP contribution >= 0.6 is 11.3 Å². The molecule has 2 aromatic heterocycles. The summed E-state index contributed by atoms with van der Waals surface area (Å²) >= 11 is 1.32. The van der Waals surface area contributed by atoms with E-state index < -0.39 is 11.4 Å². The standard InChI is InChI=1S/C15H19N3O3S/c1-2-17-9-10(14(20)21)11(19)12-13(17)16-15(22-12)18-7-5-3-4-6-8-18/h9H,2-8H2,1H3,(H,20,21). The number of aromatic carboxylic acids is 1. The molecule has 1 saturated heterocycles. The van der Waals surface area contributed by atoms with Gasteiger partial charge < -0.3 is 14.6 Å². The van der Waals surface area contributed by atoms with Crippen molar-refractivity contribution in [3.8, 4) is 0 Å². The van der Waals surface area contributed by atoms with Gasteiger partial charge in [-0.05, 0) is 19.8 Å². The number of carbonyl (C=O) groups is 1. The van der Waals surface area contributed by atoms with Gasteiger partial charge in [-0.15, -0.1) is 0 Å². The molecule has 1 N–H and O–H groups in total. The lowest BCUT2D eigenvalue weighted by molar-refractivity contribution is 0.0695. The Hall–Kier alpha value is -1.89. The fourth-order valence-electron chi connectivity index (χ4n) is 2.83. The lowest BCUT2D eigenvalue weighted by Gasteiger charge is -2.18. The predicted molar refractivity (Wildman–Crippen MR) is 87.2 cm³/mol. The molecule has 0 saturated carbocycles. The molecule has 3 heterocycles. The maximum absolute atomic E-state index is 12.4. The summed E-state index contributed by atoms with van der Waals surface area (Å²) in [4.78, 5) is 30.5.